The lowest BCUT2D eigenvalue weighted by atomic mass is 10.2. The molecular weight excluding hydrogens is 395 g/mol. The molecule has 0 fully saturated rings. The first-order valence-electron chi connectivity index (χ1n) is 8.81. The van der Waals surface area contributed by atoms with Crippen LogP contribution in [0, 0.1) is 5.82 Å². The van der Waals surface area contributed by atoms with Crippen molar-refractivity contribution in [3.05, 3.63) is 83.9 Å². The summed E-state index contributed by atoms with van der Waals surface area (Å²) in [6.07, 6.45) is 0. The molecule has 7 heteroatoms. The van der Waals surface area contributed by atoms with Crippen molar-refractivity contribution in [3.8, 4) is 17.2 Å². The summed E-state index contributed by atoms with van der Waals surface area (Å²) in [6.45, 7) is 0.213. The Morgan fingerprint density at radius 3 is 2.59 bits per heavy atom. The van der Waals surface area contributed by atoms with E-state index in [4.69, 9.17) is 21.1 Å². The van der Waals surface area contributed by atoms with E-state index in [1.54, 1.807) is 42.5 Å². The fourth-order valence-electron chi connectivity index (χ4n) is 2.93. The quantitative estimate of drug-likeness (QED) is 0.396. The highest BCUT2D eigenvalue weighted by Gasteiger charge is 2.11. The molecule has 146 valence electrons. The highest BCUT2D eigenvalue weighted by Crippen LogP contribution is 2.27. The molecule has 1 heterocycles. The highest BCUT2D eigenvalue weighted by molar-refractivity contribution is 6.67. The third-order valence-electron chi connectivity index (χ3n) is 4.41. The van der Waals surface area contributed by atoms with Gasteiger partial charge in [-0.05, 0) is 54.1 Å². The average Bonchev–Trinajstić information content (AvgIpc) is 3.02. The number of imidazole rings is 1. The lowest BCUT2D eigenvalue weighted by Crippen LogP contribution is -2.03. The monoisotopic (exact) mass is 410 g/mol. The molecule has 3 aromatic carbocycles. The molecule has 4 aromatic rings. The second-order valence-electron chi connectivity index (χ2n) is 6.39. The summed E-state index contributed by atoms with van der Waals surface area (Å²) < 4.78 is 26.7. The van der Waals surface area contributed by atoms with E-state index in [2.05, 4.69) is 4.98 Å². The molecule has 29 heavy (non-hydrogen) atoms. The standard InChI is InChI=1S/C22H16ClFN2O3/c1-26-20-12-18(29-17-7-3-5-15(24)11-17)8-9-19(20)25-21(26)13-28-16-6-2-4-14(10-16)22(23)27/h2-12H,13H2,1H3. The zero-order valence-electron chi connectivity index (χ0n) is 15.4. The molecule has 0 saturated heterocycles. The number of aromatic nitrogens is 2. The lowest BCUT2D eigenvalue weighted by molar-refractivity contribution is 0.108. The van der Waals surface area contributed by atoms with Crippen molar-refractivity contribution < 1.29 is 18.7 Å². The van der Waals surface area contributed by atoms with Gasteiger partial charge in [0, 0.05) is 24.7 Å². The second kappa shape index (κ2) is 7.93. The van der Waals surface area contributed by atoms with Crippen LogP contribution in [0.15, 0.2) is 66.7 Å². The van der Waals surface area contributed by atoms with Crippen LogP contribution in [0.4, 0.5) is 4.39 Å². The molecule has 0 aliphatic rings. The Bertz CT molecular complexity index is 1210. The molecule has 0 radical (unpaired) electrons. The Hall–Kier alpha value is -3.38. The fraction of sp³-hybridized carbons (Fsp3) is 0.0909. The second-order valence-corrected chi connectivity index (χ2v) is 6.73. The van der Waals surface area contributed by atoms with Gasteiger partial charge in [0.05, 0.1) is 11.0 Å². The van der Waals surface area contributed by atoms with Crippen molar-refractivity contribution in [1.29, 1.82) is 0 Å². The number of ether oxygens (including phenoxy) is 2. The number of fused-ring (bicyclic) bond motifs is 1. The van der Waals surface area contributed by atoms with Gasteiger partial charge in [-0.3, -0.25) is 4.79 Å². The molecule has 0 aliphatic heterocycles. The van der Waals surface area contributed by atoms with Gasteiger partial charge in [-0.15, -0.1) is 0 Å². The molecule has 0 saturated carbocycles. The summed E-state index contributed by atoms with van der Waals surface area (Å²) in [5.41, 5.74) is 2.00. The third kappa shape index (κ3) is 4.22. The Balaban J connectivity index is 1.54. The van der Waals surface area contributed by atoms with Gasteiger partial charge in [0.2, 0.25) is 0 Å². The van der Waals surface area contributed by atoms with Crippen LogP contribution in [0.1, 0.15) is 16.2 Å². The Labute approximate surface area is 171 Å². The van der Waals surface area contributed by atoms with Crippen LogP contribution in [0.5, 0.6) is 17.2 Å². The number of nitrogens with zero attached hydrogens (tertiary/aromatic N) is 2. The SMILES string of the molecule is Cn1c(COc2cccc(C(=O)Cl)c2)nc2ccc(Oc3cccc(F)c3)cc21. The summed E-state index contributed by atoms with van der Waals surface area (Å²) in [6, 6.07) is 18.1. The van der Waals surface area contributed by atoms with Crippen LogP contribution in [-0.4, -0.2) is 14.8 Å². The predicted molar refractivity (Wildman–Crippen MR) is 108 cm³/mol. The maximum atomic E-state index is 13.4. The number of carbonyl (C=O) groups is 1. The van der Waals surface area contributed by atoms with Gasteiger partial charge in [-0.2, -0.15) is 0 Å². The average molecular weight is 411 g/mol. The molecule has 0 N–H and O–H groups in total. The molecule has 4 rings (SSSR count). The maximum Gasteiger partial charge on any atom is 0.252 e. The van der Waals surface area contributed by atoms with Gasteiger partial charge in [-0.1, -0.05) is 12.1 Å². The van der Waals surface area contributed by atoms with Crippen LogP contribution in [0.2, 0.25) is 0 Å². The molecule has 0 aliphatic carbocycles. The summed E-state index contributed by atoms with van der Waals surface area (Å²) in [7, 11) is 1.87. The van der Waals surface area contributed by atoms with Gasteiger partial charge in [0.1, 0.15) is 35.5 Å². The van der Waals surface area contributed by atoms with Gasteiger partial charge in [0.25, 0.3) is 5.24 Å². The van der Waals surface area contributed by atoms with Crippen molar-refractivity contribution in [3.63, 3.8) is 0 Å². The van der Waals surface area contributed by atoms with Crippen LogP contribution in [0.25, 0.3) is 11.0 Å². The molecule has 5 nitrogen and oxygen atoms in total. The summed E-state index contributed by atoms with van der Waals surface area (Å²) in [5, 5.41) is -0.538. The topological polar surface area (TPSA) is 53.4 Å². The number of carbonyl (C=O) groups excluding carboxylic acids is 1. The Kier molecular flexibility index (Phi) is 5.18. The number of hydrogen-bond acceptors (Lipinski definition) is 4. The Morgan fingerprint density at radius 1 is 1.03 bits per heavy atom. The molecular formula is C22H16ClFN2O3. The van der Waals surface area contributed by atoms with Gasteiger partial charge >= 0.3 is 0 Å². The summed E-state index contributed by atoms with van der Waals surface area (Å²) in [4.78, 5) is 15.9. The minimum atomic E-state index is -0.538. The number of aryl methyl sites for hydroxylation is 1. The van der Waals surface area contributed by atoms with E-state index in [1.165, 1.54) is 12.1 Å². The van der Waals surface area contributed by atoms with Crippen LogP contribution in [-0.2, 0) is 13.7 Å². The van der Waals surface area contributed by atoms with Crippen molar-refractivity contribution in [2.24, 2.45) is 7.05 Å². The van der Waals surface area contributed by atoms with Crippen LogP contribution < -0.4 is 9.47 Å². The maximum absolute atomic E-state index is 13.4. The van der Waals surface area contributed by atoms with Gasteiger partial charge in [0.15, 0.2) is 0 Å². The van der Waals surface area contributed by atoms with Crippen molar-refractivity contribution in [2.75, 3.05) is 0 Å². The third-order valence-corrected chi connectivity index (χ3v) is 4.62. The van der Waals surface area contributed by atoms with E-state index in [1.807, 2.05) is 23.7 Å². The predicted octanol–water partition coefficient (Wildman–Crippen LogP) is 5.46. The largest absolute Gasteiger partial charge is 0.486 e. The molecule has 0 bridgehead atoms. The minimum Gasteiger partial charge on any atom is -0.486 e. The molecule has 0 amide bonds. The van der Waals surface area contributed by atoms with E-state index in [9.17, 15) is 9.18 Å². The first kappa shape index (κ1) is 19.0. The van der Waals surface area contributed by atoms with Crippen molar-refractivity contribution >= 4 is 27.9 Å². The normalized spacial score (nSPS) is 10.9. The zero-order chi connectivity index (χ0) is 20.4. The molecule has 0 atom stereocenters. The summed E-state index contributed by atoms with van der Waals surface area (Å²) >= 11 is 5.51. The van der Waals surface area contributed by atoms with Gasteiger partial charge in [-0.25, -0.2) is 9.37 Å². The first-order valence-corrected chi connectivity index (χ1v) is 9.19. The lowest BCUT2D eigenvalue weighted by Gasteiger charge is -2.08. The van der Waals surface area contributed by atoms with E-state index in [0.29, 0.717) is 28.6 Å². The van der Waals surface area contributed by atoms with E-state index >= 15 is 0 Å². The summed E-state index contributed by atoms with van der Waals surface area (Å²) in [5.74, 6) is 1.86. The molecule has 0 spiro atoms. The number of rotatable bonds is 6. The highest BCUT2D eigenvalue weighted by atomic mass is 35.5. The first-order chi connectivity index (χ1) is 14.0. The van der Waals surface area contributed by atoms with Crippen LogP contribution in [0.3, 0.4) is 0 Å². The van der Waals surface area contributed by atoms with E-state index in [-0.39, 0.29) is 12.4 Å². The number of hydrogen-bond donors (Lipinski definition) is 0. The minimum absolute atomic E-state index is 0.213. The van der Waals surface area contributed by atoms with E-state index < -0.39 is 5.24 Å². The van der Waals surface area contributed by atoms with Crippen LogP contribution >= 0.6 is 11.6 Å². The smallest absolute Gasteiger partial charge is 0.252 e. The zero-order valence-corrected chi connectivity index (χ0v) is 16.2. The number of halogens is 2. The van der Waals surface area contributed by atoms with Crippen molar-refractivity contribution in [2.45, 2.75) is 6.61 Å². The van der Waals surface area contributed by atoms with Crippen molar-refractivity contribution in [1.82, 2.24) is 9.55 Å². The fourth-order valence-corrected chi connectivity index (χ4v) is 3.05. The van der Waals surface area contributed by atoms with Gasteiger partial charge < -0.3 is 14.0 Å². The molecule has 1 aromatic heterocycles. The number of benzene rings is 3. The molecule has 0 unspecified atom stereocenters. The van der Waals surface area contributed by atoms with E-state index in [0.717, 1.165) is 11.0 Å². The Morgan fingerprint density at radius 2 is 1.79 bits per heavy atom.